The number of ether oxygens (including phenoxy) is 1. The number of sulfonamides is 1. The van der Waals surface area contributed by atoms with Gasteiger partial charge in [0.05, 0.1) is 0 Å². The Morgan fingerprint density at radius 2 is 1.07 bits per heavy atom. The van der Waals surface area contributed by atoms with Gasteiger partial charge in [-0.15, -0.1) is 0 Å². The average Bonchev–Trinajstić information content (AvgIpc) is 2.86. The molecule has 0 spiro atoms. The third-order valence-corrected chi connectivity index (χ3v) is 6.90. The topological polar surface area (TPSA) is 101 Å². The van der Waals surface area contributed by atoms with E-state index in [-0.39, 0.29) is 5.57 Å². The molecular weight excluding hydrogens is 705 g/mol. The number of aliphatic carboxylic acids is 1. The SMILES string of the molecule is C=C(C)C(=O)O.C=CC(=O)OCCN(CCC)S(=O)(=O)C(F)(F)C(F)(F)C(F)(F)C(F)(F)C(F)(F)C(F)(F)C(F)(F)C(F)(F)F. The molecule has 0 radical (unpaired) electrons. The molecule has 0 unspecified atom stereocenters. The highest BCUT2D eigenvalue weighted by atomic mass is 32.2. The molecule has 0 saturated heterocycles. The minimum atomic E-state index is -8.91. The number of carbonyl (C=O) groups excluding carboxylic acids is 1. The summed E-state index contributed by atoms with van der Waals surface area (Å²) >= 11 is 0. The molecule has 0 bridgehead atoms. The van der Waals surface area contributed by atoms with Crippen LogP contribution < -0.4 is 0 Å². The summed E-state index contributed by atoms with van der Waals surface area (Å²) in [6.45, 7) is 4.04. The van der Waals surface area contributed by atoms with Crippen molar-refractivity contribution in [3.8, 4) is 0 Å². The predicted molar refractivity (Wildman–Crippen MR) is 115 cm³/mol. The van der Waals surface area contributed by atoms with Crippen molar-refractivity contribution in [1.29, 1.82) is 0 Å². The first-order chi connectivity index (χ1) is 19.6. The van der Waals surface area contributed by atoms with Gasteiger partial charge in [-0.25, -0.2) is 18.0 Å². The minimum Gasteiger partial charge on any atom is -0.478 e. The monoisotopic (exact) mass is 725 g/mol. The summed E-state index contributed by atoms with van der Waals surface area (Å²) in [4.78, 5) is 20.5. The van der Waals surface area contributed by atoms with Crippen LogP contribution in [0.4, 0.5) is 74.6 Å². The molecule has 0 aromatic carbocycles. The van der Waals surface area contributed by atoms with E-state index >= 15 is 0 Å². The standard InChI is InChI=1S/C16H14F17NO4S.C4H6O2/c1-3-5-34(6-7-38-8(35)4-2)39(36,37)16(32,33)14(27,28)12(23,24)10(19,20)9(17,18)11(21,22)13(25,26)15(29,30)31;1-3(2)4(5)6/h4H,2-3,5-7H2,1H3;1H2,2H3,(H,5,6). The number of nitrogens with zero attached hydrogens (tertiary/aromatic N) is 1. The lowest BCUT2D eigenvalue weighted by Crippen LogP contribution is -2.75. The first kappa shape index (κ1) is 44.3. The number of rotatable bonds is 15. The largest absolute Gasteiger partial charge is 0.478 e. The lowest BCUT2D eigenvalue weighted by atomic mass is 9.91. The van der Waals surface area contributed by atoms with E-state index in [0.717, 1.165) is 6.92 Å². The van der Waals surface area contributed by atoms with Crippen LogP contribution in [-0.4, -0.2) is 96.4 Å². The van der Waals surface area contributed by atoms with Gasteiger partial charge < -0.3 is 9.84 Å². The molecular formula is C20H20F17NO6S. The third kappa shape index (κ3) is 7.76. The first-order valence-corrected chi connectivity index (χ1v) is 12.4. The Morgan fingerprint density at radius 1 is 0.733 bits per heavy atom. The highest BCUT2D eigenvalue weighted by molar-refractivity contribution is 7.90. The number of hydrogen-bond donors (Lipinski definition) is 1. The number of carboxylic acid groups (broad SMARTS) is 1. The Hall–Kier alpha value is -2.86. The van der Waals surface area contributed by atoms with Crippen LogP contribution in [0.15, 0.2) is 24.8 Å². The quantitative estimate of drug-likeness (QED) is 0.120. The Labute approximate surface area is 241 Å². The van der Waals surface area contributed by atoms with E-state index in [1.165, 1.54) is 6.92 Å². The van der Waals surface area contributed by atoms with Crippen LogP contribution in [0.25, 0.3) is 0 Å². The van der Waals surface area contributed by atoms with Gasteiger partial charge in [0.2, 0.25) is 0 Å². The molecule has 0 atom stereocenters. The highest BCUT2D eigenvalue weighted by Crippen LogP contribution is 2.64. The normalized spacial score (nSPS) is 14.4. The molecule has 0 aromatic heterocycles. The van der Waals surface area contributed by atoms with Crippen molar-refractivity contribution >= 4 is 22.0 Å². The minimum absolute atomic E-state index is 0.176. The van der Waals surface area contributed by atoms with Crippen LogP contribution in [0.1, 0.15) is 20.3 Å². The van der Waals surface area contributed by atoms with Crippen molar-refractivity contribution in [2.45, 2.75) is 67.2 Å². The Bertz CT molecular complexity index is 1190. The molecule has 25 heteroatoms. The Kier molecular flexibility index (Phi) is 13.6. The summed E-state index contributed by atoms with van der Waals surface area (Å²) in [5, 5.41) is 0.227. The van der Waals surface area contributed by atoms with E-state index in [1.54, 1.807) is 0 Å². The van der Waals surface area contributed by atoms with E-state index in [0.29, 0.717) is 6.08 Å². The zero-order valence-corrected chi connectivity index (χ0v) is 22.9. The average molecular weight is 725 g/mol. The van der Waals surface area contributed by atoms with Gasteiger partial charge in [-0.3, -0.25) is 0 Å². The number of hydrogen-bond acceptors (Lipinski definition) is 5. The van der Waals surface area contributed by atoms with E-state index < -0.39 is 99.4 Å². The third-order valence-electron chi connectivity index (χ3n) is 4.95. The predicted octanol–water partition coefficient (Wildman–Crippen LogP) is 6.37. The summed E-state index contributed by atoms with van der Waals surface area (Å²) in [5.41, 5.74) is 0.176. The summed E-state index contributed by atoms with van der Waals surface area (Å²) in [7, 11) is -7.44. The fourth-order valence-corrected chi connectivity index (χ4v) is 3.90. The summed E-state index contributed by atoms with van der Waals surface area (Å²) in [6, 6.07) is 0. The summed E-state index contributed by atoms with van der Waals surface area (Å²) in [6.07, 6.45) is -8.17. The molecule has 0 rings (SSSR count). The van der Waals surface area contributed by atoms with Gasteiger partial charge in [-0.05, 0) is 13.3 Å². The smallest absolute Gasteiger partial charge is 0.460 e. The van der Waals surface area contributed by atoms with Gasteiger partial charge in [0.1, 0.15) is 6.61 Å². The van der Waals surface area contributed by atoms with Crippen molar-refractivity contribution in [2.24, 2.45) is 0 Å². The van der Waals surface area contributed by atoms with Gasteiger partial charge in [0, 0.05) is 24.7 Å². The zero-order valence-electron chi connectivity index (χ0n) is 22.1. The van der Waals surface area contributed by atoms with Crippen molar-refractivity contribution in [2.75, 3.05) is 19.7 Å². The van der Waals surface area contributed by atoms with E-state index in [9.17, 15) is 92.6 Å². The van der Waals surface area contributed by atoms with Crippen LogP contribution in [0.3, 0.4) is 0 Å². The molecule has 0 amide bonds. The molecule has 0 aromatic rings. The second-order valence-corrected chi connectivity index (χ2v) is 10.3. The number of alkyl halides is 17. The van der Waals surface area contributed by atoms with Crippen molar-refractivity contribution in [1.82, 2.24) is 4.31 Å². The summed E-state index contributed by atoms with van der Waals surface area (Å²) in [5.74, 6) is -54.3. The molecule has 0 heterocycles. The van der Waals surface area contributed by atoms with Crippen molar-refractivity contribution in [3.05, 3.63) is 24.8 Å². The number of carboxylic acids is 1. The molecule has 0 fully saturated rings. The fraction of sp³-hybridized carbons (Fsp3) is 0.700. The van der Waals surface area contributed by atoms with Crippen LogP contribution >= 0.6 is 0 Å². The number of esters is 1. The Morgan fingerprint density at radius 3 is 1.36 bits per heavy atom. The number of carbonyl (C=O) groups is 2. The van der Waals surface area contributed by atoms with E-state index in [1.807, 2.05) is 0 Å². The van der Waals surface area contributed by atoms with Gasteiger partial charge in [0.15, 0.2) is 0 Å². The highest BCUT2D eigenvalue weighted by Gasteiger charge is 2.96. The molecule has 0 aliphatic heterocycles. The molecule has 0 aliphatic carbocycles. The molecule has 1 N–H and O–H groups in total. The van der Waals surface area contributed by atoms with Crippen LogP contribution in [0.2, 0.25) is 0 Å². The van der Waals surface area contributed by atoms with Crippen molar-refractivity contribution in [3.63, 3.8) is 0 Å². The van der Waals surface area contributed by atoms with Crippen LogP contribution in [0.5, 0.6) is 0 Å². The first-order valence-electron chi connectivity index (χ1n) is 10.9. The zero-order chi connectivity index (χ0) is 37.1. The Balaban J connectivity index is 0. The van der Waals surface area contributed by atoms with Crippen LogP contribution in [0, 0.1) is 0 Å². The molecule has 0 saturated carbocycles. The molecule has 266 valence electrons. The molecule has 7 nitrogen and oxygen atoms in total. The summed E-state index contributed by atoms with van der Waals surface area (Å²) < 4.78 is 254. The maximum Gasteiger partial charge on any atom is 0.460 e. The maximum atomic E-state index is 14.3. The van der Waals surface area contributed by atoms with Crippen molar-refractivity contribution < 1.29 is 102 Å². The second kappa shape index (κ2) is 13.9. The molecule has 45 heavy (non-hydrogen) atoms. The van der Waals surface area contributed by atoms with Gasteiger partial charge >= 0.3 is 58.9 Å². The lowest BCUT2D eigenvalue weighted by Gasteiger charge is -2.43. The molecule has 0 aliphatic rings. The lowest BCUT2D eigenvalue weighted by molar-refractivity contribution is -0.458. The van der Waals surface area contributed by atoms with Gasteiger partial charge in [-0.2, -0.15) is 78.9 Å². The maximum absolute atomic E-state index is 14.3. The number of halogens is 17. The van der Waals surface area contributed by atoms with Crippen LogP contribution in [-0.2, 0) is 24.3 Å². The van der Waals surface area contributed by atoms with Gasteiger partial charge in [-0.1, -0.05) is 20.1 Å². The van der Waals surface area contributed by atoms with E-state index in [2.05, 4.69) is 17.9 Å². The fourth-order valence-electron chi connectivity index (χ4n) is 2.38. The van der Waals surface area contributed by atoms with Gasteiger partial charge in [0.25, 0.3) is 10.0 Å². The van der Waals surface area contributed by atoms with E-state index in [4.69, 9.17) is 5.11 Å². The second-order valence-electron chi connectivity index (χ2n) is 8.32.